The Morgan fingerprint density at radius 2 is 1.80 bits per heavy atom. The highest BCUT2D eigenvalue weighted by atomic mass is 16.6. The van der Waals surface area contributed by atoms with E-state index in [-0.39, 0.29) is 12.5 Å². The smallest absolute Gasteiger partial charge is 0.284 e. The van der Waals surface area contributed by atoms with E-state index in [1.54, 1.807) is 6.07 Å². The van der Waals surface area contributed by atoms with Crippen molar-refractivity contribution in [3.05, 3.63) is 59.7 Å². The van der Waals surface area contributed by atoms with E-state index in [0.717, 1.165) is 11.3 Å². The highest BCUT2D eigenvalue weighted by molar-refractivity contribution is 5.99. The van der Waals surface area contributed by atoms with E-state index in [1.807, 2.05) is 37.3 Å². The molecule has 5 heteroatoms. The zero-order valence-electron chi connectivity index (χ0n) is 14.7. The zero-order chi connectivity index (χ0) is 17.8. The predicted molar refractivity (Wildman–Crippen MR) is 97.2 cm³/mol. The van der Waals surface area contributed by atoms with Gasteiger partial charge in [-0.15, -0.1) is 0 Å². The summed E-state index contributed by atoms with van der Waals surface area (Å²) in [5, 5.41) is 4.18. The van der Waals surface area contributed by atoms with Gasteiger partial charge in [-0.1, -0.05) is 50.2 Å². The van der Waals surface area contributed by atoms with Crippen molar-refractivity contribution in [1.82, 2.24) is 5.43 Å². The van der Waals surface area contributed by atoms with Crippen LogP contribution in [0, 0.1) is 0 Å². The van der Waals surface area contributed by atoms with E-state index in [4.69, 9.17) is 9.47 Å². The van der Waals surface area contributed by atoms with Crippen molar-refractivity contribution in [2.45, 2.75) is 32.8 Å². The molecule has 25 heavy (non-hydrogen) atoms. The van der Waals surface area contributed by atoms with Crippen molar-refractivity contribution in [2.75, 3.05) is 6.61 Å². The quantitative estimate of drug-likeness (QED) is 0.686. The largest absolute Gasteiger partial charge is 0.485 e. The number of nitrogens with zero attached hydrogens (tertiary/aromatic N) is 1. The summed E-state index contributed by atoms with van der Waals surface area (Å²) in [5.74, 6) is 1.38. The Bertz CT molecular complexity index is 782. The molecular formula is C20H22N2O3. The van der Waals surface area contributed by atoms with Gasteiger partial charge in [0.2, 0.25) is 6.10 Å². The summed E-state index contributed by atoms with van der Waals surface area (Å²) in [5.41, 5.74) is 5.54. The van der Waals surface area contributed by atoms with Crippen molar-refractivity contribution in [3.8, 4) is 11.5 Å². The van der Waals surface area contributed by atoms with Gasteiger partial charge in [0.25, 0.3) is 5.91 Å². The number of benzene rings is 2. The molecule has 1 amide bonds. The molecule has 0 aliphatic carbocycles. The number of nitrogens with one attached hydrogen (secondary N) is 1. The Balaban J connectivity index is 1.62. The van der Waals surface area contributed by atoms with Crippen molar-refractivity contribution >= 4 is 11.6 Å². The van der Waals surface area contributed by atoms with Crippen LogP contribution in [0.15, 0.2) is 53.6 Å². The van der Waals surface area contributed by atoms with Crippen LogP contribution >= 0.6 is 0 Å². The van der Waals surface area contributed by atoms with Crippen molar-refractivity contribution in [3.63, 3.8) is 0 Å². The maximum Gasteiger partial charge on any atom is 0.284 e. The Labute approximate surface area is 147 Å². The van der Waals surface area contributed by atoms with E-state index in [0.29, 0.717) is 17.4 Å². The number of fused-ring (bicyclic) bond motifs is 1. The van der Waals surface area contributed by atoms with Gasteiger partial charge in [0, 0.05) is 0 Å². The molecule has 5 nitrogen and oxygen atoms in total. The summed E-state index contributed by atoms with van der Waals surface area (Å²) < 4.78 is 11.2. The fraction of sp³-hybridized carbons (Fsp3) is 0.300. The number of hydrogen-bond donors (Lipinski definition) is 1. The van der Waals surface area contributed by atoms with Crippen LogP contribution in [-0.2, 0) is 4.79 Å². The molecular weight excluding hydrogens is 316 g/mol. The minimum absolute atomic E-state index is 0.167. The van der Waals surface area contributed by atoms with Crippen LogP contribution in [0.2, 0.25) is 0 Å². The third-order valence-corrected chi connectivity index (χ3v) is 4.13. The lowest BCUT2D eigenvalue weighted by Crippen LogP contribution is -2.42. The second-order valence-corrected chi connectivity index (χ2v) is 6.31. The van der Waals surface area contributed by atoms with Crippen molar-refractivity contribution < 1.29 is 14.3 Å². The van der Waals surface area contributed by atoms with Gasteiger partial charge >= 0.3 is 0 Å². The van der Waals surface area contributed by atoms with Gasteiger partial charge in [-0.05, 0) is 36.1 Å². The zero-order valence-corrected chi connectivity index (χ0v) is 14.7. The molecule has 1 atom stereocenters. The number of hydrogen-bond acceptors (Lipinski definition) is 4. The number of rotatable bonds is 4. The van der Waals surface area contributed by atoms with Crippen LogP contribution in [0.25, 0.3) is 0 Å². The van der Waals surface area contributed by atoms with Crippen LogP contribution in [0.1, 0.15) is 37.8 Å². The minimum Gasteiger partial charge on any atom is -0.485 e. The first-order valence-electron chi connectivity index (χ1n) is 8.37. The molecule has 130 valence electrons. The van der Waals surface area contributed by atoms with E-state index >= 15 is 0 Å². The maximum absolute atomic E-state index is 12.3. The third kappa shape index (κ3) is 3.99. The third-order valence-electron chi connectivity index (χ3n) is 4.13. The summed E-state index contributed by atoms with van der Waals surface area (Å²) in [7, 11) is 0. The lowest BCUT2D eigenvalue weighted by Gasteiger charge is -2.24. The van der Waals surface area contributed by atoms with Crippen LogP contribution in [0.3, 0.4) is 0 Å². The minimum atomic E-state index is -0.713. The summed E-state index contributed by atoms with van der Waals surface area (Å²) in [6, 6.07) is 15.5. The monoisotopic (exact) mass is 338 g/mol. The Morgan fingerprint density at radius 3 is 2.48 bits per heavy atom. The molecule has 0 unspecified atom stereocenters. The van der Waals surface area contributed by atoms with Crippen LogP contribution < -0.4 is 14.9 Å². The number of ether oxygens (including phenoxy) is 2. The SMILES string of the molecule is C/C(=N/NC(=O)[C@H]1COc2ccccc2O1)c1ccc(C(C)C)cc1. The summed E-state index contributed by atoms with van der Waals surface area (Å²) in [6.45, 7) is 6.33. The fourth-order valence-electron chi connectivity index (χ4n) is 2.53. The van der Waals surface area contributed by atoms with Crippen molar-refractivity contribution in [1.29, 1.82) is 0 Å². The van der Waals surface area contributed by atoms with Crippen LogP contribution in [-0.4, -0.2) is 24.3 Å². The topological polar surface area (TPSA) is 59.9 Å². The first kappa shape index (κ1) is 17.0. The van der Waals surface area contributed by atoms with E-state index in [2.05, 4.69) is 36.5 Å². The first-order valence-corrected chi connectivity index (χ1v) is 8.37. The van der Waals surface area contributed by atoms with Gasteiger partial charge in [0.05, 0.1) is 5.71 Å². The van der Waals surface area contributed by atoms with Gasteiger partial charge < -0.3 is 9.47 Å². The fourth-order valence-corrected chi connectivity index (χ4v) is 2.53. The molecule has 0 spiro atoms. The number of hydrazone groups is 1. The molecule has 0 radical (unpaired) electrons. The van der Waals surface area contributed by atoms with Gasteiger partial charge in [0.1, 0.15) is 6.61 Å². The molecule has 0 saturated carbocycles. The lowest BCUT2D eigenvalue weighted by molar-refractivity contribution is -0.130. The van der Waals surface area contributed by atoms with Crippen molar-refractivity contribution in [2.24, 2.45) is 5.10 Å². The molecule has 0 fully saturated rings. The number of carbonyl (C=O) groups is 1. The standard InChI is InChI=1S/C20H22N2O3/c1-13(2)15-8-10-16(11-9-15)14(3)21-22-20(23)19-12-24-17-6-4-5-7-18(17)25-19/h4-11,13,19H,12H2,1-3H3,(H,22,23)/b21-14-/t19-/m1/s1. The lowest BCUT2D eigenvalue weighted by atomic mass is 10.0. The molecule has 1 N–H and O–H groups in total. The van der Waals surface area contributed by atoms with E-state index in [9.17, 15) is 4.79 Å². The number of carbonyl (C=O) groups excluding carboxylic acids is 1. The Morgan fingerprint density at radius 1 is 1.12 bits per heavy atom. The van der Waals surface area contributed by atoms with Gasteiger partial charge in [-0.3, -0.25) is 4.79 Å². The van der Waals surface area contributed by atoms with Gasteiger partial charge in [-0.2, -0.15) is 5.10 Å². The average Bonchev–Trinajstić information content (AvgIpc) is 2.65. The number of amides is 1. The summed E-state index contributed by atoms with van der Waals surface area (Å²) in [4.78, 5) is 12.3. The second-order valence-electron chi connectivity index (χ2n) is 6.31. The van der Waals surface area contributed by atoms with Gasteiger partial charge in [0.15, 0.2) is 11.5 Å². The summed E-state index contributed by atoms with van der Waals surface area (Å²) in [6.07, 6.45) is -0.713. The highest BCUT2D eigenvalue weighted by Crippen LogP contribution is 2.30. The predicted octanol–water partition coefficient (Wildman–Crippen LogP) is 3.49. The molecule has 2 aromatic carbocycles. The number of para-hydroxylation sites is 2. The van der Waals surface area contributed by atoms with E-state index < -0.39 is 6.10 Å². The molecule has 1 heterocycles. The Kier molecular flexibility index (Phi) is 5.03. The summed E-state index contributed by atoms with van der Waals surface area (Å²) >= 11 is 0. The molecule has 0 saturated heterocycles. The van der Waals surface area contributed by atoms with E-state index in [1.165, 1.54) is 5.56 Å². The van der Waals surface area contributed by atoms with Crippen LogP contribution in [0.4, 0.5) is 0 Å². The Hall–Kier alpha value is -2.82. The normalized spacial score (nSPS) is 16.6. The molecule has 0 bridgehead atoms. The molecule has 1 aliphatic rings. The molecule has 2 aromatic rings. The highest BCUT2D eigenvalue weighted by Gasteiger charge is 2.27. The first-order chi connectivity index (χ1) is 12.0. The molecule has 0 aromatic heterocycles. The van der Waals surface area contributed by atoms with Crippen LogP contribution in [0.5, 0.6) is 11.5 Å². The molecule has 3 rings (SSSR count). The second kappa shape index (κ2) is 7.38. The molecule has 1 aliphatic heterocycles. The average molecular weight is 338 g/mol. The van der Waals surface area contributed by atoms with Gasteiger partial charge in [-0.25, -0.2) is 5.43 Å². The maximum atomic E-state index is 12.3.